The Labute approximate surface area is 113 Å². The van der Waals surface area contributed by atoms with Gasteiger partial charge in [-0.25, -0.2) is 4.98 Å². The monoisotopic (exact) mass is 265 g/mol. The van der Waals surface area contributed by atoms with E-state index in [2.05, 4.69) is 39.2 Å². The third-order valence-corrected chi connectivity index (χ3v) is 4.18. The second-order valence-electron chi connectivity index (χ2n) is 4.51. The Morgan fingerprint density at radius 1 is 1.05 bits per heavy atom. The van der Waals surface area contributed by atoms with Crippen LogP contribution >= 0.6 is 11.3 Å². The lowest BCUT2D eigenvalue weighted by Crippen LogP contribution is -1.91. The lowest BCUT2D eigenvalue weighted by atomic mass is 10.2. The summed E-state index contributed by atoms with van der Waals surface area (Å²) in [5.41, 5.74) is 9.64. The molecule has 2 aromatic heterocycles. The van der Waals surface area contributed by atoms with Crippen molar-refractivity contribution in [3.63, 3.8) is 0 Å². The highest BCUT2D eigenvalue weighted by atomic mass is 32.1. The number of fused-ring (bicyclic) bond motifs is 2. The predicted octanol–water partition coefficient (Wildman–Crippen LogP) is 3.82. The quantitative estimate of drug-likeness (QED) is 0.532. The van der Waals surface area contributed by atoms with Crippen molar-refractivity contribution in [3.05, 3.63) is 54.2 Å². The third-order valence-electron chi connectivity index (χ3n) is 3.29. The van der Waals surface area contributed by atoms with Crippen molar-refractivity contribution in [1.29, 1.82) is 0 Å². The number of hydrogen-bond donors (Lipinski definition) is 1. The van der Waals surface area contributed by atoms with Crippen molar-refractivity contribution >= 4 is 38.1 Å². The molecule has 0 saturated heterocycles. The first-order chi connectivity index (χ1) is 9.31. The largest absolute Gasteiger partial charge is 0.399 e. The summed E-state index contributed by atoms with van der Waals surface area (Å²) in [6.07, 6.45) is 1.84. The molecule has 0 atom stereocenters. The van der Waals surface area contributed by atoms with E-state index in [9.17, 15) is 0 Å². The van der Waals surface area contributed by atoms with Gasteiger partial charge < -0.3 is 5.73 Å². The highest BCUT2D eigenvalue weighted by Gasteiger charge is 2.05. The number of nitrogens with two attached hydrogens (primary N) is 1. The first kappa shape index (κ1) is 10.6. The van der Waals surface area contributed by atoms with Gasteiger partial charge in [-0.15, -0.1) is 11.3 Å². The van der Waals surface area contributed by atoms with Gasteiger partial charge in [-0.1, -0.05) is 0 Å². The van der Waals surface area contributed by atoms with Gasteiger partial charge in [0.1, 0.15) is 6.33 Å². The number of thiophene rings is 1. The molecule has 4 heteroatoms. The van der Waals surface area contributed by atoms with Crippen LogP contribution in [-0.2, 0) is 0 Å². The molecule has 0 aliphatic rings. The fourth-order valence-electron chi connectivity index (χ4n) is 2.34. The minimum Gasteiger partial charge on any atom is -0.399 e. The lowest BCUT2D eigenvalue weighted by molar-refractivity contribution is 1.10. The number of nitrogen functional groups attached to an aromatic ring is 1. The van der Waals surface area contributed by atoms with E-state index >= 15 is 0 Å². The van der Waals surface area contributed by atoms with E-state index in [1.165, 1.54) is 10.1 Å². The highest BCUT2D eigenvalue weighted by molar-refractivity contribution is 7.17. The second kappa shape index (κ2) is 3.83. The van der Waals surface area contributed by atoms with Crippen LogP contribution in [0.4, 0.5) is 5.69 Å². The summed E-state index contributed by atoms with van der Waals surface area (Å²) in [7, 11) is 0. The molecule has 92 valence electrons. The summed E-state index contributed by atoms with van der Waals surface area (Å²) >= 11 is 1.76. The SMILES string of the molecule is Nc1ccc2c(c1)ncn2-c1ccc2sccc2c1. The molecule has 3 nitrogen and oxygen atoms in total. The minimum atomic E-state index is 0.742. The Bertz CT molecular complexity index is 889. The fraction of sp³-hybridized carbons (Fsp3) is 0. The maximum atomic E-state index is 5.78. The van der Waals surface area contributed by atoms with Gasteiger partial charge in [0.25, 0.3) is 0 Å². The van der Waals surface area contributed by atoms with E-state index in [0.717, 1.165) is 22.4 Å². The van der Waals surface area contributed by atoms with Crippen LogP contribution in [0.15, 0.2) is 54.2 Å². The van der Waals surface area contributed by atoms with Gasteiger partial charge in [0.2, 0.25) is 0 Å². The van der Waals surface area contributed by atoms with Gasteiger partial charge in [0.05, 0.1) is 11.0 Å². The molecule has 0 aliphatic carbocycles. The zero-order chi connectivity index (χ0) is 12.8. The van der Waals surface area contributed by atoms with Crippen molar-refractivity contribution in [2.75, 3.05) is 5.73 Å². The van der Waals surface area contributed by atoms with Crippen molar-refractivity contribution in [3.8, 4) is 5.69 Å². The van der Waals surface area contributed by atoms with Crippen molar-refractivity contribution in [2.24, 2.45) is 0 Å². The van der Waals surface area contributed by atoms with Gasteiger partial charge in [-0.3, -0.25) is 4.57 Å². The summed E-state index contributed by atoms with van der Waals surface area (Å²) in [5.74, 6) is 0. The molecule has 0 spiro atoms. The highest BCUT2D eigenvalue weighted by Crippen LogP contribution is 2.26. The summed E-state index contributed by atoms with van der Waals surface area (Å²) in [5, 5.41) is 3.38. The summed E-state index contributed by atoms with van der Waals surface area (Å²) in [4.78, 5) is 4.41. The topological polar surface area (TPSA) is 43.8 Å². The molecule has 0 aliphatic heterocycles. The van der Waals surface area contributed by atoms with E-state index in [-0.39, 0.29) is 0 Å². The number of rotatable bonds is 1. The molecule has 4 rings (SSSR count). The van der Waals surface area contributed by atoms with Gasteiger partial charge in [0, 0.05) is 16.1 Å². The number of imidazole rings is 1. The number of aromatic nitrogens is 2. The van der Waals surface area contributed by atoms with E-state index in [1.807, 2.05) is 24.5 Å². The van der Waals surface area contributed by atoms with Gasteiger partial charge in [-0.05, 0) is 53.2 Å². The zero-order valence-electron chi connectivity index (χ0n) is 10.1. The molecule has 0 unspecified atom stereocenters. The Balaban J connectivity index is 1.97. The second-order valence-corrected chi connectivity index (χ2v) is 5.45. The molecule has 2 heterocycles. The van der Waals surface area contributed by atoms with Crippen LogP contribution in [0.2, 0.25) is 0 Å². The Hall–Kier alpha value is -2.33. The van der Waals surface area contributed by atoms with Crippen molar-refractivity contribution in [1.82, 2.24) is 9.55 Å². The van der Waals surface area contributed by atoms with E-state index in [1.54, 1.807) is 11.3 Å². The van der Waals surface area contributed by atoms with Crippen LogP contribution in [0.1, 0.15) is 0 Å². The summed E-state index contributed by atoms with van der Waals surface area (Å²) in [6, 6.07) is 14.4. The zero-order valence-corrected chi connectivity index (χ0v) is 10.9. The van der Waals surface area contributed by atoms with Gasteiger partial charge in [0.15, 0.2) is 0 Å². The third kappa shape index (κ3) is 1.61. The van der Waals surface area contributed by atoms with Crippen LogP contribution in [0.5, 0.6) is 0 Å². The fourth-order valence-corrected chi connectivity index (χ4v) is 3.11. The maximum absolute atomic E-state index is 5.78. The molecule has 0 radical (unpaired) electrons. The Morgan fingerprint density at radius 2 is 2.00 bits per heavy atom. The molecule has 2 aromatic carbocycles. The van der Waals surface area contributed by atoms with Gasteiger partial charge >= 0.3 is 0 Å². The average molecular weight is 265 g/mol. The van der Waals surface area contributed by atoms with Crippen LogP contribution in [0.25, 0.3) is 26.8 Å². The molecule has 19 heavy (non-hydrogen) atoms. The molecule has 4 aromatic rings. The first-order valence-corrected chi connectivity index (χ1v) is 6.89. The Morgan fingerprint density at radius 3 is 2.95 bits per heavy atom. The molecule has 0 bridgehead atoms. The smallest absolute Gasteiger partial charge is 0.100 e. The van der Waals surface area contributed by atoms with Crippen LogP contribution in [0.3, 0.4) is 0 Å². The Kier molecular flexibility index (Phi) is 2.13. The molecular formula is C15H11N3S. The minimum absolute atomic E-state index is 0.742. The van der Waals surface area contributed by atoms with E-state index in [0.29, 0.717) is 0 Å². The van der Waals surface area contributed by atoms with E-state index in [4.69, 9.17) is 5.73 Å². The molecule has 0 amide bonds. The predicted molar refractivity (Wildman–Crippen MR) is 80.9 cm³/mol. The standard InChI is InChI=1S/C15H11N3S/c16-11-1-3-14-13(8-11)17-9-18(14)12-2-4-15-10(7-12)5-6-19-15/h1-9H,16H2. The molecular weight excluding hydrogens is 254 g/mol. The lowest BCUT2D eigenvalue weighted by Gasteiger charge is -2.04. The average Bonchev–Trinajstić information content (AvgIpc) is 3.02. The maximum Gasteiger partial charge on any atom is 0.100 e. The normalized spacial score (nSPS) is 11.4. The first-order valence-electron chi connectivity index (χ1n) is 6.01. The summed E-state index contributed by atoms with van der Waals surface area (Å²) in [6.45, 7) is 0. The summed E-state index contributed by atoms with van der Waals surface area (Å²) < 4.78 is 3.39. The number of hydrogen-bond acceptors (Lipinski definition) is 3. The number of nitrogens with zero attached hydrogens (tertiary/aromatic N) is 2. The van der Waals surface area contributed by atoms with Crippen LogP contribution < -0.4 is 5.73 Å². The molecule has 0 saturated carbocycles. The molecule has 2 N–H and O–H groups in total. The molecule has 0 fully saturated rings. The van der Waals surface area contributed by atoms with Crippen LogP contribution in [-0.4, -0.2) is 9.55 Å². The van der Waals surface area contributed by atoms with Crippen LogP contribution in [0, 0.1) is 0 Å². The number of anilines is 1. The van der Waals surface area contributed by atoms with Crippen molar-refractivity contribution in [2.45, 2.75) is 0 Å². The van der Waals surface area contributed by atoms with E-state index < -0.39 is 0 Å². The van der Waals surface area contributed by atoms with Crippen molar-refractivity contribution < 1.29 is 0 Å². The van der Waals surface area contributed by atoms with Gasteiger partial charge in [-0.2, -0.15) is 0 Å². The number of benzene rings is 2.